The van der Waals surface area contributed by atoms with Gasteiger partial charge in [-0.05, 0) is 57.8 Å². The molecule has 1 fully saturated rings. The highest BCUT2D eigenvalue weighted by atomic mass is 15.2. The molecule has 2 heterocycles. The van der Waals surface area contributed by atoms with Crippen LogP contribution in [0.4, 0.5) is 5.82 Å². The van der Waals surface area contributed by atoms with Crippen LogP contribution in [0.2, 0.25) is 0 Å². The van der Waals surface area contributed by atoms with Gasteiger partial charge in [0.15, 0.2) is 0 Å². The van der Waals surface area contributed by atoms with Crippen LogP contribution in [0.15, 0.2) is 18.3 Å². The molecule has 1 aliphatic heterocycles. The molecule has 2 rings (SSSR count). The molecule has 1 aromatic heterocycles. The third kappa shape index (κ3) is 4.19. The summed E-state index contributed by atoms with van der Waals surface area (Å²) < 4.78 is 0. The highest BCUT2D eigenvalue weighted by Gasteiger charge is 2.23. The van der Waals surface area contributed by atoms with Crippen molar-refractivity contribution in [3.63, 3.8) is 0 Å². The predicted octanol–water partition coefficient (Wildman–Crippen LogP) is 4.25. The van der Waals surface area contributed by atoms with E-state index in [0.717, 1.165) is 18.9 Å². The van der Waals surface area contributed by atoms with Crippen LogP contribution in [-0.2, 0) is 0 Å². The predicted molar refractivity (Wildman–Crippen MR) is 90.9 cm³/mol. The number of anilines is 1. The summed E-state index contributed by atoms with van der Waals surface area (Å²) in [6.07, 6.45) is 8.69. The van der Waals surface area contributed by atoms with E-state index in [2.05, 4.69) is 48.9 Å². The number of rotatable bonds is 7. The molecule has 0 radical (unpaired) electrons. The van der Waals surface area contributed by atoms with E-state index in [4.69, 9.17) is 4.98 Å². The lowest BCUT2D eigenvalue weighted by atomic mass is 9.96. The lowest BCUT2D eigenvalue weighted by Crippen LogP contribution is -2.34. The van der Waals surface area contributed by atoms with E-state index in [0.29, 0.717) is 6.04 Å². The van der Waals surface area contributed by atoms with E-state index < -0.39 is 0 Å². The van der Waals surface area contributed by atoms with E-state index in [-0.39, 0.29) is 0 Å². The Hall–Kier alpha value is -1.09. The van der Waals surface area contributed by atoms with Gasteiger partial charge in [-0.2, -0.15) is 0 Å². The van der Waals surface area contributed by atoms with Gasteiger partial charge >= 0.3 is 0 Å². The first kappa shape index (κ1) is 16.3. The second kappa shape index (κ2) is 8.38. The Labute approximate surface area is 130 Å². The second-order valence-corrected chi connectivity index (χ2v) is 6.02. The van der Waals surface area contributed by atoms with Gasteiger partial charge in [0.25, 0.3) is 0 Å². The number of nitrogens with zero attached hydrogens (tertiary/aromatic N) is 3. The number of hydrogen-bond donors (Lipinski definition) is 0. The van der Waals surface area contributed by atoms with Crippen LogP contribution in [-0.4, -0.2) is 36.1 Å². The summed E-state index contributed by atoms with van der Waals surface area (Å²) >= 11 is 0. The largest absolute Gasteiger partial charge is 0.357 e. The molecule has 0 N–H and O–H groups in total. The van der Waals surface area contributed by atoms with Gasteiger partial charge < -0.3 is 4.90 Å². The van der Waals surface area contributed by atoms with Crippen molar-refractivity contribution in [3.8, 4) is 0 Å². The lowest BCUT2D eigenvalue weighted by Gasteiger charge is -2.36. The van der Waals surface area contributed by atoms with Crippen LogP contribution >= 0.6 is 0 Å². The summed E-state index contributed by atoms with van der Waals surface area (Å²) in [5, 5.41) is 0. The molecular formula is C18H31N3. The zero-order valence-corrected chi connectivity index (χ0v) is 14.0. The Kier molecular flexibility index (Phi) is 6.50. The van der Waals surface area contributed by atoms with Crippen LogP contribution in [0.25, 0.3) is 0 Å². The van der Waals surface area contributed by atoms with Gasteiger partial charge in [0.05, 0.1) is 0 Å². The van der Waals surface area contributed by atoms with E-state index in [1.807, 2.05) is 0 Å². The number of aromatic nitrogens is 1. The second-order valence-electron chi connectivity index (χ2n) is 6.02. The molecule has 1 saturated heterocycles. The molecule has 118 valence electrons. The van der Waals surface area contributed by atoms with Crippen LogP contribution in [0.1, 0.15) is 64.5 Å². The SMILES string of the molecule is CCCCN1CCCC[C@@H]1c1ccc(N(CC)CC)nc1. The van der Waals surface area contributed by atoms with Crippen molar-refractivity contribution in [2.45, 2.75) is 58.9 Å². The fraction of sp³-hybridized carbons (Fsp3) is 0.722. The van der Waals surface area contributed by atoms with Gasteiger partial charge in [-0.1, -0.05) is 25.8 Å². The van der Waals surface area contributed by atoms with Gasteiger partial charge in [-0.3, -0.25) is 4.90 Å². The van der Waals surface area contributed by atoms with Gasteiger partial charge in [0, 0.05) is 25.3 Å². The zero-order chi connectivity index (χ0) is 15.1. The van der Waals surface area contributed by atoms with Crippen molar-refractivity contribution in [1.29, 1.82) is 0 Å². The molecule has 0 bridgehead atoms. The van der Waals surface area contributed by atoms with Crippen LogP contribution in [0.5, 0.6) is 0 Å². The molecular weight excluding hydrogens is 258 g/mol. The molecule has 1 aliphatic rings. The molecule has 0 unspecified atom stereocenters. The molecule has 0 amide bonds. The van der Waals surface area contributed by atoms with Gasteiger partial charge in [-0.25, -0.2) is 4.98 Å². The summed E-state index contributed by atoms with van der Waals surface area (Å²) in [5.74, 6) is 1.11. The smallest absolute Gasteiger partial charge is 0.128 e. The van der Waals surface area contributed by atoms with Crippen molar-refractivity contribution in [3.05, 3.63) is 23.9 Å². The van der Waals surface area contributed by atoms with E-state index >= 15 is 0 Å². The van der Waals surface area contributed by atoms with Crippen molar-refractivity contribution in [2.24, 2.45) is 0 Å². The molecule has 1 atom stereocenters. The van der Waals surface area contributed by atoms with Crippen LogP contribution in [0, 0.1) is 0 Å². The third-order valence-corrected chi connectivity index (χ3v) is 4.66. The van der Waals surface area contributed by atoms with Crippen molar-refractivity contribution in [1.82, 2.24) is 9.88 Å². The quantitative estimate of drug-likeness (QED) is 0.748. The number of hydrogen-bond acceptors (Lipinski definition) is 3. The summed E-state index contributed by atoms with van der Waals surface area (Å²) in [7, 11) is 0. The molecule has 1 aromatic rings. The summed E-state index contributed by atoms with van der Waals surface area (Å²) in [6, 6.07) is 5.09. The number of pyridine rings is 1. The summed E-state index contributed by atoms with van der Waals surface area (Å²) in [5.41, 5.74) is 1.40. The summed E-state index contributed by atoms with van der Waals surface area (Å²) in [6.45, 7) is 11.2. The first-order valence-electron chi connectivity index (χ1n) is 8.75. The fourth-order valence-corrected chi connectivity index (χ4v) is 3.33. The highest BCUT2D eigenvalue weighted by molar-refractivity contribution is 5.39. The van der Waals surface area contributed by atoms with Gasteiger partial charge in [0.2, 0.25) is 0 Å². The lowest BCUT2D eigenvalue weighted by molar-refractivity contribution is 0.146. The number of piperidine rings is 1. The minimum atomic E-state index is 0.587. The Morgan fingerprint density at radius 3 is 2.62 bits per heavy atom. The normalized spacial score (nSPS) is 19.7. The Morgan fingerprint density at radius 2 is 2.00 bits per heavy atom. The standard InChI is InChI=1S/C18H31N3/c1-4-7-13-21-14-9-8-10-17(21)16-11-12-18(19-15-16)20(5-2)6-3/h11-12,15,17H,4-10,13-14H2,1-3H3/t17-/m1/s1. The Bertz CT molecular complexity index is 397. The van der Waals surface area contributed by atoms with Crippen molar-refractivity contribution in [2.75, 3.05) is 31.1 Å². The van der Waals surface area contributed by atoms with E-state index in [1.54, 1.807) is 0 Å². The average molecular weight is 289 g/mol. The number of likely N-dealkylation sites (tertiary alicyclic amines) is 1. The Morgan fingerprint density at radius 1 is 1.19 bits per heavy atom. The van der Waals surface area contributed by atoms with E-state index in [9.17, 15) is 0 Å². The average Bonchev–Trinajstić information content (AvgIpc) is 2.55. The van der Waals surface area contributed by atoms with Crippen LogP contribution in [0.3, 0.4) is 0 Å². The van der Waals surface area contributed by atoms with Gasteiger partial charge in [-0.15, -0.1) is 0 Å². The minimum Gasteiger partial charge on any atom is -0.357 e. The molecule has 0 spiro atoms. The van der Waals surface area contributed by atoms with Crippen molar-refractivity contribution < 1.29 is 0 Å². The molecule has 0 aliphatic carbocycles. The maximum atomic E-state index is 4.71. The highest BCUT2D eigenvalue weighted by Crippen LogP contribution is 2.31. The first-order chi connectivity index (χ1) is 10.3. The molecule has 3 heteroatoms. The maximum Gasteiger partial charge on any atom is 0.128 e. The third-order valence-electron chi connectivity index (χ3n) is 4.66. The topological polar surface area (TPSA) is 19.4 Å². The molecule has 0 saturated carbocycles. The minimum absolute atomic E-state index is 0.587. The molecule has 21 heavy (non-hydrogen) atoms. The molecule has 3 nitrogen and oxygen atoms in total. The monoisotopic (exact) mass is 289 g/mol. The first-order valence-corrected chi connectivity index (χ1v) is 8.75. The fourth-order valence-electron chi connectivity index (χ4n) is 3.33. The Balaban J connectivity index is 2.08. The number of unbranched alkanes of at least 4 members (excludes halogenated alkanes) is 1. The van der Waals surface area contributed by atoms with Crippen LogP contribution < -0.4 is 4.90 Å². The zero-order valence-electron chi connectivity index (χ0n) is 14.0. The van der Waals surface area contributed by atoms with Gasteiger partial charge in [0.1, 0.15) is 5.82 Å². The van der Waals surface area contributed by atoms with Crippen molar-refractivity contribution >= 4 is 5.82 Å². The maximum absolute atomic E-state index is 4.71. The molecule has 0 aromatic carbocycles. The summed E-state index contributed by atoms with van der Waals surface area (Å²) in [4.78, 5) is 9.68. The van der Waals surface area contributed by atoms with E-state index in [1.165, 1.54) is 50.8 Å².